The highest BCUT2D eigenvalue weighted by Gasteiger charge is 2.26. The molecule has 10 rings (SSSR count). The summed E-state index contributed by atoms with van der Waals surface area (Å²) in [4.78, 5) is 10.3. The van der Waals surface area contributed by atoms with Gasteiger partial charge in [0.15, 0.2) is 0 Å². The highest BCUT2D eigenvalue weighted by molar-refractivity contribution is 6.18. The van der Waals surface area contributed by atoms with Gasteiger partial charge >= 0.3 is 5.82 Å². The first kappa shape index (κ1) is 32.2. The monoisotopic (exact) mass is 704 g/mol. The van der Waals surface area contributed by atoms with Crippen LogP contribution in [0.15, 0.2) is 207 Å². The fourth-order valence-corrected chi connectivity index (χ4v) is 7.58. The third kappa shape index (κ3) is 5.85. The van der Waals surface area contributed by atoms with E-state index in [4.69, 9.17) is 15.1 Å². The molecule has 5 nitrogen and oxygen atoms in total. The van der Waals surface area contributed by atoms with Crippen LogP contribution in [0.2, 0.25) is 0 Å². The summed E-state index contributed by atoms with van der Waals surface area (Å²) < 4.78 is 4.25. The summed E-state index contributed by atoms with van der Waals surface area (Å²) in [7, 11) is 0. The van der Waals surface area contributed by atoms with Gasteiger partial charge in [-0.1, -0.05) is 162 Å². The summed E-state index contributed by atoms with van der Waals surface area (Å²) in [6, 6.07) is 69.6. The SMILES string of the molecule is c1ccc(-c2cccc(-c3nc(-c4ccccc4)nc[n+]3-c3cccc4c3cc(-c3ccccc3)c3c(-c5ccccc5)nn(-c5ccccc5)c34)c2)cc1. The van der Waals surface area contributed by atoms with E-state index in [2.05, 4.69) is 179 Å². The number of fused-ring (bicyclic) bond motifs is 3. The summed E-state index contributed by atoms with van der Waals surface area (Å²) in [6.45, 7) is 0. The van der Waals surface area contributed by atoms with Gasteiger partial charge in [0.05, 0.1) is 22.3 Å². The summed E-state index contributed by atoms with van der Waals surface area (Å²) in [5, 5.41) is 8.64. The molecule has 0 saturated heterocycles. The van der Waals surface area contributed by atoms with Crippen molar-refractivity contribution < 1.29 is 4.57 Å². The number of benzene rings is 8. The van der Waals surface area contributed by atoms with Gasteiger partial charge in [-0.3, -0.25) is 0 Å². The molecule has 0 bridgehead atoms. The van der Waals surface area contributed by atoms with Gasteiger partial charge in [0, 0.05) is 21.7 Å². The third-order valence-corrected chi connectivity index (χ3v) is 10.2. The third-order valence-electron chi connectivity index (χ3n) is 10.2. The van der Waals surface area contributed by atoms with E-state index >= 15 is 0 Å². The van der Waals surface area contributed by atoms with Gasteiger partial charge in [-0.05, 0) is 70.8 Å². The van der Waals surface area contributed by atoms with Gasteiger partial charge in [0.1, 0.15) is 11.4 Å². The van der Waals surface area contributed by atoms with E-state index in [0.717, 1.165) is 83.5 Å². The molecule has 8 aromatic carbocycles. The van der Waals surface area contributed by atoms with E-state index in [1.165, 1.54) is 0 Å². The van der Waals surface area contributed by atoms with E-state index in [9.17, 15) is 0 Å². The van der Waals surface area contributed by atoms with Gasteiger partial charge in [-0.15, -0.1) is 0 Å². The Hall–Kier alpha value is -7.50. The molecule has 2 aromatic heterocycles. The van der Waals surface area contributed by atoms with Crippen molar-refractivity contribution in [1.82, 2.24) is 19.7 Å². The van der Waals surface area contributed by atoms with Crippen LogP contribution in [0.1, 0.15) is 0 Å². The Balaban J connectivity index is 1.30. The van der Waals surface area contributed by atoms with Crippen molar-refractivity contribution in [2.24, 2.45) is 0 Å². The van der Waals surface area contributed by atoms with E-state index in [1.54, 1.807) is 0 Å². The summed E-state index contributed by atoms with van der Waals surface area (Å²) in [5.74, 6) is 1.46. The van der Waals surface area contributed by atoms with Crippen LogP contribution in [0.5, 0.6) is 0 Å². The number of nitrogens with zero attached hydrogens (tertiary/aromatic N) is 5. The molecule has 0 unspecified atom stereocenters. The van der Waals surface area contributed by atoms with Gasteiger partial charge in [-0.2, -0.15) is 9.67 Å². The van der Waals surface area contributed by atoms with Crippen LogP contribution in [0.4, 0.5) is 0 Å². The highest BCUT2D eigenvalue weighted by Crippen LogP contribution is 2.42. The number of hydrogen-bond acceptors (Lipinski definition) is 3. The molecule has 0 fully saturated rings. The van der Waals surface area contributed by atoms with Crippen LogP contribution in [-0.2, 0) is 0 Å². The molecule has 258 valence electrons. The molecule has 0 radical (unpaired) electrons. The molecule has 0 N–H and O–H groups in total. The van der Waals surface area contributed by atoms with E-state index in [1.807, 2.05) is 36.7 Å². The van der Waals surface area contributed by atoms with Gasteiger partial charge in [-0.25, -0.2) is 4.68 Å². The van der Waals surface area contributed by atoms with E-state index in [0.29, 0.717) is 5.82 Å². The minimum atomic E-state index is 0.666. The predicted molar refractivity (Wildman–Crippen MR) is 223 cm³/mol. The number of aromatic nitrogens is 5. The maximum Gasteiger partial charge on any atom is 0.307 e. The Morgan fingerprint density at radius 3 is 1.69 bits per heavy atom. The summed E-state index contributed by atoms with van der Waals surface area (Å²) >= 11 is 0. The molecule has 5 heteroatoms. The van der Waals surface area contributed by atoms with Gasteiger partial charge in [0.2, 0.25) is 6.33 Å². The average Bonchev–Trinajstić information content (AvgIpc) is 3.69. The van der Waals surface area contributed by atoms with Crippen molar-refractivity contribution >= 4 is 21.7 Å². The molecule has 0 spiro atoms. The fourth-order valence-electron chi connectivity index (χ4n) is 7.58. The molecule has 0 amide bonds. The van der Waals surface area contributed by atoms with Crippen molar-refractivity contribution in [2.75, 3.05) is 0 Å². The van der Waals surface area contributed by atoms with Gasteiger partial charge < -0.3 is 0 Å². The standard InChI is InChI=1S/C50H34N5/c1-6-18-35(19-7-1)39-26-16-27-40(32-39)50-52-49(38-24-12-4-13-25-38)51-34-54(50)45-31-17-30-42-44(45)33-43(36-20-8-2-9-21-36)46-47(37-22-10-3-11-23-37)53-55(48(42)46)41-28-14-5-15-29-41/h1-34H/q+1. The Morgan fingerprint density at radius 1 is 0.436 bits per heavy atom. The lowest BCUT2D eigenvalue weighted by atomic mass is 9.93. The van der Waals surface area contributed by atoms with Crippen LogP contribution in [0.25, 0.3) is 89.3 Å². The molecule has 0 saturated carbocycles. The fraction of sp³-hybridized carbons (Fsp3) is 0. The van der Waals surface area contributed by atoms with Crippen LogP contribution in [0, 0.1) is 0 Å². The second-order valence-electron chi connectivity index (χ2n) is 13.5. The van der Waals surface area contributed by atoms with Crippen LogP contribution >= 0.6 is 0 Å². The first-order chi connectivity index (χ1) is 27.3. The quantitative estimate of drug-likeness (QED) is 0.155. The molecular weight excluding hydrogens is 671 g/mol. The zero-order valence-electron chi connectivity index (χ0n) is 29.9. The Kier molecular flexibility index (Phi) is 8.08. The molecule has 0 aliphatic carbocycles. The summed E-state index contributed by atoms with van der Waals surface area (Å²) in [5.41, 5.74) is 11.4. The number of hydrogen-bond donors (Lipinski definition) is 0. The highest BCUT2D eigenvalue weighted by atomic mass is 15.3. The van der Waals surface area contributed by atoms with Crippen molar-refractivity contribution in [3.8, 4) is 67.7 Å². The van der Waals surface area contributed by atoms with E-state index in [-0.39, 0.29) is 0 Å². The van der Waals surface area contributed by atoms with E-state index < -0.39 is 0 Å². The average molecular weight is 705 g/mol. The first-order valence-electron chi connectivity index (χ1n) is 18.5. The predicted octanol–water partition coefficient (Wildman–Crippen LogP) is 11.6. The molecule has 2 heterocycles. The second kappa shape index (κ2) is 13.8. The molecule has 0 atom stereocenters. The lowest BCUT2D eigenvalue weighted by Crippen LogP contribution is -2.35. The minimum Gasteiger partial charge on any atom is -0.232 e. The number of rotatable bonds is 7. The normalized spacial score (nSPS) is 11.3. The smallest absolute Gasteiger partial charge is 0.232 e. The molecule has 10 aromatic rings. The Morgan fingerprint density at radius 2 is 1.00 bits per heavy atom. The molecule has 55 heavy (non-hydrogen) atoms. The van der Waals surface area contributed by atoms with Crippen LogP contribution in [0.3, 0.4) is 0 Å². The topological polar surface area (TPSA) is 47.5 Å². The second-order valence-corrected chi connectivity index (χ2v) is 13.5. The molecule has 0 aliphatic rings. The van der Waals surface area contributed by atoms with Crippen molar-refractivity contribution in [1.29, 1.82) is 0 Å². The largest absolute Gasteiger partial charge is 0.307 e. The first-order valence-corrected chi connectivity index (χ1v) is 18.5. The van der Waals surface area contributed by atoms with Crippen molar-refractivity contribution in [3.63, 3.8) is 0 Å². The Bertz CT molecular complexity index is 2940. The van der Waals surface area contributed by atoms with Crippen LogP contribution < -0.4 is 4.57 Å². The lowest BCUT2D eigenvalue weighted by molar-refractivity contribution is -0.588. The zero-order chi connectivity index (χ0) is 36.6. The van der Waals surface area contributed by atoms with Crippen LogP contribution in [-0.4, -0.2) is 19.7 Å². The Labute approximate surface area is 319 Å². The van der Waals surface area contributed by atoms with Crippen molar-refractivity contribution in [2.45, 2.75) is 0 Å². The molecular formula is C50H34N5+. The summed E-state index contributed by atoms with van der Waals surface area (Å²) in [6.07, 6.45) is 1.92. The van der Waals surface area contributed by atoms with Gasteiger partial charge in [0.25, 0.3) is 5.82 Å². The maximum atomic E-state index is 5.40. The minimum absolute atomic E-state index is 0.666. The van der Waals surface area contributed by atoms with Crippen molar-refractivity contribution in [3.05, 3.63) is 207 Å². The lowest BCUT2D eigenvalue weighted by Gasteiger charge is -2.14. The maximum absolute atomic E-state index is 5.40. The number of para-hydroxylation sites is 1. The molecule has 0 aliphatic heterocycles. The zero-order valence-corrected chi connectivity index (χ0v) is 29.9.